The summed E-state index contributed by atoms with van der Waals surface area (Å²) in [6.07, 6.45) is 3.79. The van der Waals surface area contributed by atoms with Crippen molar-refractivity contribution in [3.8, 4) is 0 Å². The van der Waals surface area contributed by atoms with E-state index < -0.39 is 0 Å². The smallest absolute Gasteiger partial charge is 0.139 e. The minimum atomic E-state index is -0.265. The van der Waals surface area contributed by atoms with Gasteiger partial charge in [0.2, 0.25) is 0 Å². The van der Waals surface area contributed by atoms with Gasteiger partial charge in [0.1, 0.15) is 5.82 Å². The second kappa shape index (κ2) is 5.31. The van der Waals surface area contributed by atoms with Crippen LogP contribution in [0.25, 0.3) is 0 Å². The summed E-state index contributed by atoms with van der Waals surface area (Å²) in [4.78, 5) is 0. The Kier molecular flexibility index (Phi) is 3.78. The average Bonchev–Trinajstić information content (AvgIpc) is 2.79. The molecular weight excluding hydrogens is 285 g/mol. The molecule has 17 heavy (non-hydrogen) atoms. The average molecular weight is 298 g/mol. The molecular formula is C12H13BrFN3. The fraction of sp³-hybridized carbons (Fsp3) is 0.250. The Morgan fingerprint density at radius 3 is 2.94 bits per heavy atom. The molecule has 1 aromatic carbocycles. The molecule has 0 saturated carbocycles. The van der Waals surface area contributed by atoms with Crippen molar-refractivity contribution in [3.63, 3.8) is 0 Å². The lowest BCUT2D eigenvalue weighted by Crippen LogP contribution is -1.99. The zero-order valence-corrected chi connectivity index (χ0v) is 11.0. The van der Waals surface area contributed by atoms with E-state index in [9.17, 15) is 4.39 Å². The summed E-state index contributed by atoms with van der Waals surface area (Å²) in [5, 5.41) is 7.33. The summed E-state index contributed by atoms with van der Waals surface area (Å²) >= 11 is 3.12. The van der Waals surface area contributed by atoms with Crippen LogP contribution in [0.1, 0.15) is 12.5 Å². The summed E-state index contributed by atoms with van der Waals surface area (Å²) in [6.45, 7) is 3.53. The third-order valence-corrected chi connectivity index (χ3v) is 3.07. The van der Waals surface area contributed by atoms with E-state index in [-0.39, 0.29) is 5.82 Å². The summed E-state index contributed by atoms with van der Waals surface area (Å²) < 4.78 is 15.6. The highest BCUT2D eigenvalue weighted by Gasteiger charge is 2.01. The van der Waals surface area contributed by atoms with E-state index in [0.29, 0.717) is 11.0 Å². The van der Waals surface area contributed by atoms with Crippen LogP contribution in [-0.4, -0.2) is 9.78 Å². The lowest BCUT2D eigenvalue weighted by Gasteiger charge is -2.05. The number of hydrogen-bond donors (Lipinski definition) is 1. The Morgan fingerprint density at radius 1 is 1.47 bits per heavy atom. The standard InChI is InChI=1S/C12H13BrFN3/c1-2-17-8-9(7-16-17)6-15-10-3-4-11(13)12(14)5-10/h3-5,7-8,15H,2,6H2,1H3. The van der Waals surface area contributed by atoms with Crippen molar-refractivity contribution in [2.24, 2.45) is 0 Å². The summed E-state index contributed by atoms with van der Waals surface area (Å²) in [5.41, 5.74) is 1.84. The zero-order chi connectivity index (χ0) is 12.3. The number of halogens is 2. The second-order valence-electron chi connectivity index (χ2n) is 3.69. The third-order valence-electron chi connectivity index (χ3n) is 2.43. The van der Waals surface area contributed by atoms with Crippen molar-refractivity contribution in [1.82, 2.24) is 9.78 Å². The molecule has 0 atom stereocenters. The molecule has 0 fully saturated rings. The van der Waals surface area contributed by atoms with Gasteiger partial charge in [-0.05, 0) is 41.1 Å². The molecule has 1 heterocycles. The molecule has 3 nitrogen and oxygen atoms in total. The summed E-state index contributed by atoms with van der Waals surface area (Å²) in [5.74, 6) is -0.265. The lowest BCUT2D eigenvalue weighted by atomic mass is 10.3. The van der Waals surface area contributed by atoms with Crippen LogP contribution in [0, 0.1) is 5.82 Å². The minimum absolute atomic E-state index is 0.265. The molecule has 2 rings (SSSR count). The Morgan fingerprint density at radius 2 is 2.29 bits per heavy atom. The maximum Gasteiger partial charge on any atom is 0.139 e. The van der Waals surface area contributed by atoms with E-state index in [0.717, 1.165) is 17.8 Å². The molecule has 2 aromatic rings. The van der Waals surface area contributed by atoms with E-state index in [2.05, 4.69) is 26.3 Å². The normalized spacial score (nSPS) is 10.5. The third kappa shape index (κ3) is 3.06. The predicted octanol–water partition coefficient (Wildman–Crippen LogP) is 3.42. The van der Waals surface area contributed by atoms with Crippen LogP contribution in [0.4, 0.5) is 10.1 Å². The van der Waals surface area contributed by atoms with Crippen LogP contribution < -0.4 is 5.32 Å². The molecule has 0 saturated heterocycles. The Hall–Kier alpha value is -1.36. The zero-order valence-electron chi connectivity index (χ0n) is 9.45. The van der Waals surface area contributed by atoms with Gasteiger partial charge in [0.25, 0.3) is 0 Å². The number of benzene rings is 1. The van der Waals surface area contributed by atoms with Gasteiger partial charge in [0.05, 0.1) is 10.7 Å². The van der Waals surface area contributed by atoms with Crippen molar-refractivity contribution in [1.29, 1.82) is 0 Å². The quantitative estimate of drug-likeness (QED) is 0.937. The van der Waals surface area contributed by atoms with E-state index in [1.165, 1.54) is 6.07 Å². The largest absolute Gasteiger partial charge is 0.381 e. The molecule has 90 valence electrons. The number of anilines is 1. The first-order valence-electron chi connectivity index (χ1n) is 5.39. The monoisotopic (exact) mass is 297 g/mol. The topological polar surface area (TPSA) is 29.9 Å². The number of nitrogens with one attached hydrogen (secondary N) is 1. The van der Waals surface area contributed by atoms with Gasteiger partial charge in [-0.3, -0.25) is 4.68 Å². The Balaban J connectivity index is 1.99. The van der Waals surface area contributed by atoms with E-state index in [1.807, 2.05) is 30.1 Å². The van der Waals surface area contributed by atoms with Gasteiger partial charge in [0.15, 0.2) is 0 Å². The maximum absolute atomic E-state index is 13.3. The van der Waals surface area contributed by atoms with E-state index in [4.69, 9.17) is 0 Å². The Labute approximate surface area is 108 Å². The maximum atomic E-state index is 13.3. The summed E-state index contributed by atoms with van der Waals surface area (Å²) in [7, 11) is 0. The highest BCUT2D eigenvalue weighted by Crippen LogP contribution is 2.19. The van der Waals surface area contributed by atoms with E-state index in [1.54, 1.807) is 6.07 Å². The fourth-order valence-corrected chi connectivity index (χ4v) is 1.73. The molecule has 0 aliphatic rings. The molecule has 0 aliphatic heterocycles. The molecule has 0 spiro atoms. The highest BCUT2D eigenvalue weighted by molar-refractivity contribution is 9.10. The minimum Gasteiger partial charge on any atom is -0.381 e. The second-order valence-corrected chi connectivity index (χ2v) is 4.54. The first kappa shape index (κ1) is 12.1. The number of aromatic nitrogens is 2. The summed E-state index contributed by atoms with van der Waals surface area (Å²) in [6, 6.07) is 4.98. The highest BCUT2D eigenvalue weighted by atomic mass is 79.9. The lowest BCUT2D eigenvalue weighted by molar-refractivity contribution is 0.621. The number of rotatable bonds is 4. The molecule has 0 aliphatic carbocycles. The van der Waals surface area contributed by atoms with Crippen LogP contribution in [-0.2, 0) is 13.1 Å². The predicted molar refractivity (Wildman–Crippen MR) is 69.3 cm³/mol. The number of nitrogens with zero attached hydrogens (tertiary/aromatic N) is 2. The Bertz CT molecular complexity index is 510. The molecule has 0 unspecified atom stereocenters. The van der Waals surface area contributed by atoms with Crippen LogP contribution >= 0.6 is 15.9 Å². The SMILES string of the molecule is CCn1cc(CNc2ccc(Br)c(F)c2)cn1. The van der Waals surface area contributed by atoms with Crippen LogP contribution in [0.3, 0.4) is 0 Å². The van der Waals surface area contributed by atoms with Gasteiger partial charge < -0.3 is 5.32 Å². The van der Waals surface area contributed by atoms with Gasteiger partial charge >= 0.3 is 0 Å². The van der Waals surface area contributed by atoms with Crippen molar-refractivity contribution in [2.45, 2.75) is 20.0 Å². The first-order valence-corrected chi connectivity index (χ1v) is 6.18. The number of aryl methyl sites for hydroxylation is 1. The number of hydrogen-bond acceptors (Lipinski definition) is 2. The molecule has 0 amide bonds. The molecule has 1 N–H and O–H groups in total. The van der Waals surface area contributed by atoms with Crippen molar-refractivity contribution >= 4 is 21.6 Å². The molecule has 0 bridgehead atoms. The van der Waals surface area contributed by atoms with Crippen molar-refractivity contribution in [2.75, 3.05) is 5.32 Å². The molecule has 1 aromatic heterocycles. The fourth-order valence-electron chi connectivity index (χ4n) is 1.48. The van der Waals surface area contributed by atoms with Gasteiger partial charge in [0, 0.05) is 30.5 Å². The van der Waals surface area contributed by atoms with Crippen LogP contribution in [0.15, 0.2) is 35.1 Å². The van der Waals surface area contributed by atoms with Crippen LogP contribution in [0.5, 0.6) is 0 Å². The van der Waals surface area contributed by atoms with Gasteiger partial charge in [-0.2, -0.15) is 5.10 Å². The van der Waals surface area contributed by atoms with Crippen molar-refractivity contribution < 1.29 is 4.39 Å². The van der Waals surface area contributed by atoms with Crippen LogP contribution in [0.2, 0.25) is 0 Å². The van der Waals surface area contributed by atoms with Gasteiger partial charge in [-0.25, -0.2) is 4.39 Å². The van der Waals surface area contributed by atoms with Crippen molar-refractivity contribution in [3.05, 3.63) is 46.4 Å². The van der Waals surface area contributed by atoms with E-state index >= 15 is 0 Å². The molecule has 0 radical (unpaired) electrons. The van der Waals surface area contributed by atoms with Gasteiger partial charge in [-0.15, -0.1) is 0 Å². The van der Waals surface area contributed by atoms with Gasteiger partial charge in [-0.1, -0.05) is 0 Å². The molecule has 5 heteroatoms. The first-order chi connectivity index (χ1) is 8.19.